The average Bonchev–Trinajstić information content (AvgIpc) is 3.52. The van der Waals surface area contributed by atoms with Crippen LogP contribution in [0.2, 0.25) is 0 Å². The van der Waals surface area contributed by atoms with E-state index in [4.69, 9.17) is 5.73 Å². The molecule has 0 unspecified atom stereocenters. The Morgan fingerprint density at radius 2 is 1.69 bits per heavy atom. The van der Waals surface area contributed by atoms with Gasteiger partial charge in [-0.15, -0.1) is 0 Å². The van der Waals surface area contributed by atoms with Crippen molar-refractivity contribution in [3.8, 4) is 0 Å². The third-order valence-electron chi connectivity index (χ3n) is 5.65. The van der Waals surface area contributed by atoms with Gasteiger partial charge in [-0.2, -0.15) is 11.8 Å². The molecule has 2 aliphatic heterocycles. The number of benzene rings is 1. The summed E-state index contributed by atoms with van der Waals surface area (Å²) in [6.07, 6.45) is 2.90. The highest BCUT2D eigenvalue weighted by atomic mass is 32.2. The molecule has 2 saturated heterocycles. The molecular weight excluding hydrogens is 342 g/mol. The van der Waals surface area contributed by atoms with Gasteiger partial charge in [0.25, 0.3) is 0 Å². The summed E-state index contributed by atoms with van der Waals surface area (Å²) in [5, 5.41) is 0. The predicted molar refractivity (Wildman–Crippen MR) is 112 cm³/mol. The van der Waals surface area contributed by atoms with Crippen molar-refractivity contribution in [2.75, 3.05) is 62.2 Å². The molecule has 6 heteroatoms. The minimum atomic E-state index is 0.672. The molecule has 0 spiro atoms. The molecule has 1 aliphatic carbocycles. The third kappa shape index (κ3) is 4.86. The van der Waals surface area contributed by atoms with Gasteiger partial charge in [0.1, 0.15) is 0 Å². The highest BCUT2D eigenvalue weighted by Gasteiger charge is 2.26. The van der Waals surface area contributed by atoms with Crippen molar-refractivity contribution in [1.82, 2.24) is 9.80 Å². The Hall–Kier alpha value is -1.40. The first-order chi connectivity index (χ1) is 12.8. The maximum absolute atomic E-state index is 6.15. The van der Waals surface area contributed by atoms with Gasteiger partial charge in [-0.3, -0.25) is 4.90 Å². The molecule has 1 aromatic carbocycles. The first-order valence-corrected chi connectivity index (χ1v) is 11.1. The summed E-state index contributed by atoms with van der Waals surface area (Å²) in [5.41, 5.74) is 8.72. The van der Waals surface area contributed by atoms with Crippen LogP contribution in [0.25, 0.3) is 0 Å². The summed E-state index contributed by atoms with van der Waals surface area (Å²) in [7, 11) is 0. The van der Waals surface area contributed by atoms with Crippen LogP contribution in [0.3, 0.4) is 0 Å². The van der Waals surface area contributed by atoms with E-state index >= 15 is 0 Å². The molecular formula is C20H31N5S. The van der Waals surface area contributed by atoms with Crippen LogP contribution in [-0.4, -0.2) is 73.1 Å². The molecule has 0 amide bonds. The first kappa shape index (κ1) is 18.0. The zero-order chi connectivity index (χ0) is 17.8. The van der Waals surface area contributed by atoms with Crippen LogP contribution >= 0.6 is 11.8 Å². The summed E-state index contributed by atoms with van der Waals surface area (Å²) in [6, 6.07) is 8.90. The lowest BCUT2D eigenvalue weighted by molar-refractivity contribution is 0.248. The van der Waals surface area contributed by atoms with Gasteiger partial charge in [0.2, 0.25) is 0 Å². The van der Waals surface area contributed by atoms with Gasteiger partial charge >= 0.3 is 0 Å². The minimum Gasteiger partial charge on any atom is -0.370 e. The van der Waals surface area contributed by atoms with E-state index < -0.39 is 0 Å². The smallest absolute Gasteiger partial charge is 0.191 e. The summed E-state index contributed by atoms with van der Waals surface area (Å²) >= 11 is 1.99. The van der Waals surface area contributed by atoms with Crippen molar-refractivity contribution in [3.05, 3.63) is 29.8 Å². The van der Waals surface area contributed by atoms with Gasteiger partial charge in [0, 0.05) is 63.0 Å². The molecule has 1 saturated carbocycles. The maximum Gasteiger partial charge on any atom is 0.191 e. The van der Waals surface area contributed by atoms with E-state index in [0.717, 1.165) is 43.6 Å². The van der Waals surface area contributed by atoms with Crippen LogP contribution in [0.5, 0.6) is 0 Å². The fraction of sp³-hybridized carbons (Fsp3) is 0.650. The number of thioether (sulfide) groups is 1. The SMILES string of the molecule is NC(=NCc1ccc(N2CCN(CC3CC3)CC2)cc1)N1CCSCC1. The normalized spacial score (nSPS) is 22.7. The van der Waals surface area contributed by atoms with E-state index in [9.17, 15) is 0 Å². The largest absolute Gasteiger partial charge is 0.370 e. The monoisotopic (exact) mass is 373 g/mol. The fourth-order valence-electron chi connectivity index (χ4n) is 3.73. The number of rotatable bonds is 5. The number of nitrogens with zero attached hydrogens (tertiary/aromatic N) is 4. The van der Waals surface area contributed by atoms with E-state index in [2.05, 4.69) is 44.0 Å². The molecule has 2 N–H and O–H groups in total. The second-order valence-corrected chi connectivity index (χ2v) is 8.90. The Bertz CT molecular complexity index is 599. The quantitative estimate of drug-likeness (QED) is 0.633. The zero-order valence-electron chi connectivity index (χ0n) is 15.6. The van der Waals surface area contributed by atoms with Gasteiger partial charge in [-0.05, 0) is 36.5 Å². The van der Waals surface area contributed by atoms with Crippen LogP contribution in [0, 0.1) is 5.92 Å². The topological polar surface area (TPSA) is 48.1 Å². The highest BCUT2D eigenvalue weighted by molar-refractivity contribution is 7.99. The van der Waals surface area contributed by atoms with Gasteiger partial charge in [-0.1, -0.05) is 12.1 Å². The van der Waals surface area contributed by atoms with E-state index in [0.29, 0.717) is 12.5 Å². The van der Waals surface area contributed by atoms with Crippen molar-refractivity contribution in [3.63, 3.8) is 0 Å². The molecule has 3 aliphatic rings. The number of hydrogen-bond donors (Lipinski definition) is 1. The summed E-state index contributed by atoms with van der Waals surface area (Å²) in [6.45, 7) is 8.72. The highest BCUT2D eigenvalue weighted by Crippen LogP contribution is 2.30. The van der Waals surface area contributed by atoms with Gasteiger partial charge in [-0.25, -0.2) is 4.99 Å². The number of nitrogens with two attached hydrogens (primary N) is 1. The number of piperazine rings is 1. The van der Waals surface area contributed by atoms with Crippen molar-refractivity contribution >= 4 is 23.4 Å². The van der Waals surface area contributed by atoms with Crippen LogP contribution in [0.15, 0.2) is 29.3 Å². The lowest BCUT2D eigenvalue weighted by Crippen LogP contribution is -2.47. The molecule has 0 bridgehead atoms. The number of anilines is 1. The Kier molecular flexibility index (Phi) is 5.90. The van der Waals surface area contributed by atoms with Crippen LogP contribution in [0.4, 0.5) is 5.69 Å². The molecule has 2 heterocycles. The fourth-order valence-corrected chi connectivity index (χ4v) is 4.63. The van der Waals surface area contributed by atoms with Crippen molar-refractivity contribution in [1.29, 1.82) is 0 Å². The first-order valence-electron chi connectivity index (χ1n) is 9.97. The van der Waals surface area contributed by atoms with E-state index in [-0.39, 0.29) is 0 Å². The summed E-state index contributed by atoms with van der Waals surface area (Å²) < 4.78 is 0. The van der Waals surface area contributed by atoms with Crippen LogP contribution < -0.4 is 10.6 Å². The Morgan fingerprint density at radius 1 is 1.00 bits per heavy atom. The van der Waals surface area contributed by atoms with Gasteiger partial charge < -0.3 is 15.5 Å². The van der Waals surface area contributed by atoms with Gasteiger partial charge in [0.15, 0.2) is 5.96 Å². The third-order valence-corrected chi connectivity index (χ3v) is 6.59. The second-order valence-electron chi connectivity index (χ2n) is 7.67. The van der Waals surface area contributed by atoms with E-state index in [1.807, 2.05) is 11.8 Å². The lowest BCUT2D eigenvalue weighted by atomic mass is 10.1. The van der Waals surface area contributed by atoms with Crippen LogP contribution in [0.1, 0.15) is 18.4 Å². The molecule has 0 atom stereocenters. The maximum atomic E-state index is 6.15. The Balaban J connectivity index is 1.26. The minimum absolute atomic E-state index is 0.672. The van der Waals surface area contributed by atoms with Crippen molar-refractivity contribution in [2.45, 2.75) is 19.4 Å². The van der Waals surface area contributed by atoms with E-state index in [1.54, 1.807) is 0 Å². The molecule has 142 valence electrons. The lowest BCUT2D eigenvalue weighted by Gasteiger charge is -2.36. The van der Waals surface area contributed by atoms with E-state index in [1.165, 1.54) is 43.7 Å². The molecule has 26 heavy (non-hydrogen) atoms. The standard InChI is InChI=1S/C20H31N5S/c21-20(25-11-13-26-14-12-25)22-15-17-3-5-19(6-4-17)24-9-7-23(8-10-24)16-18-1-2-18/h3-6,18H,1-2,7-16H2,(H2,21,22). The summed E-state index contributed by atoms with van der Waals surface area (Å²) in [5.74, 6) is 4.00. The molecule has 0 radical (unpaired) electrons. The second kappa shape index (κ2) is 8.53. The average molecular weight is 374 g/mol. The Labute approximate surface area is 161 Å². The summed E-state index contributed by atoms with van der Waals surface area (Å²) in [4.78, 5) is 11.9. The molecule has 0 aromatic heterocycles. The molecule has 3 fully saturated rings. The number of hydrogen-bond acceptors (Lipinski definition) is 4. The molecule has 5 nitrogen and oxygen atoms in total. The Morgan fingerprint density at radius 3 is 2.35 bits per heavy atom. The predicted octanol–water partition coefficient (Wildman–Crippen LogP) is 2.08. The molecule has 4 rings (SSSR count). The van der Waals surface area contributed by atoms with Crippen LogP contribution in [-0.2, 0) is 6.54 Å². The number of aliphatic imine (C=N–C) groups is 1. The van der Waals surface area contributed by atoms with Crippen molar-refractivity contribution in [2.24, 2.45) is 16.6 Å². The number of guanidine groups is 1. The zero-order valence-corrected chi connectivity index (χ0v) is 16.5. The molecule has 1 aromatic rings. The van der Waals surface area contributed by atoms with Crippen molar-refractivity contribution < 1.29 is 0 Å². The van der Waals surface area contributed by atoms with Gasteiger partial charge in [0.05, 0.1) is 6.54 Å².